The van der Waals surface area contributed by atoms with Crippen molar-refractivity contribution in [3.05, 3.63) is 40.5 Å². The molecule has 0 amide bonds. The number of carboxylic acid groups (broad SMARTS) is 4. The van der Waals surface area contributed by atoms with Gasteiger partial charge in [-0.2, -0.15) is 0 Å². The number of nitrogens with zero attached hydrogens (tertiary/aromatic N) is 4. The van der Waals surface area contributed by atoms with E-state index in [1.165, 1.54) is 19.3 Å². The van der Waals surface area contributed by atoms with Gasteiger partial charge in [-0.3, -0.25) is 50.0 Å². The Kier molecular flexibility index (Phi) is 29.7. The van der Waals surface area contributed by atoms with E-state index in [0.29, 0.717) is 5.92 Å². The van der Waals surface area contributed by atoms with Crippen LogP contribution in [0, 0.1) is 64.1 Å². The van der Waals surface area contributed by atoms with Crippen molar-refractivity contribution in [2.45, 2.75) is 147 Å². The van der Waals surface area contributed by atoms with E-state index < -0.39 is 75.1 Å². The number of hydrogen-bond acceptors (Lipinski definition) is 16. The smallest absolute Gasteiger partial charge is 0.368 e. The number of aldehydes is 1. The second-order valence-electron chi connectivity index (χ2n) is 14.1. The molecule has 0 aromatic heterocycles. The molecule has 4 fully saturated rings. The third-order valence-electron chi connectivity index (χ3n) is 10.1. The maximum atomic E-state index is 10.5. The van der Waals surface area contributed by atoms with E-state index in [2.05, 4.69) is 0 Å². The van der Waals surface area contributed by atoms with Gasteiger partial charge in [-0.1, -0.05) is 84.5 Å². The van der Waals surface area contributed by atoms with E-state index in [9.17, 15) is 54.8 Å². The van der Waals surface area contributed by atoms with Crippen molar-refractivity contribution in [3.8, 4) is 0 Å². The summed E-state index contributed by atoms with van der Waals surface area (Å²) in [6.07, 6.45) is 7.71. The van der Waals surface area contributed by atoms with Gasteiger partial charge >= 0.3 is 23.9 Å². The lowest BCUT2D eigenvalue weighted by molar-refractivity contribution is -0.534. The maximum Gasteiger partial charge on any atom is 0.368 e. The predicted octanol–water partition coefficient (Wildman–Crippen LogP) is 2.31. The lowest BCUT2D eigenvalue weighted by atomic mass is 9.80. The number of carboxylic acids is 4. The lowest BCUT2D eigenvalue weighted by Gasteiger charge is -2.26. The molecule has 58 heavy (non-hydrogen) atoms. The van der Waals surface area contributed by atoms with Gasteiger partial charge in [0.15, 0.2) is 0 Å². The molecule has 24 nitrogen and oxygen atoms in total. The van der Waals surface area contributed by atoms with Crippen LogP contribution in [0.3, 0.4) is 0 Å². The Labute approximate surface area is 331 Å². The Morgan fingerprint density at radius 2 is 0.759 bits per heavy atom. The topological polar surface area (TPSA) is 400 Å². The normalized spacial score (nSPS) is 18.7. The van der Waals surface area contributed by atoms with Gasteiger partial charge in [-0.25, -0.2) is 19.2 Å². The summed E-state index contributed by atoms with van der Waals surface area (Å²) >= 11 is 0. The number of hydrogen-bond donors (Lipinski definition) is 7. The van der Waals surface area contributed by atoms with E-state index in [0.717, 1.165) is 64.2 Å². The van der Waals surface area contributed by atoms with Gasteiger partial charge < -0.3 is 35.7 Å². The van der Waals surface area contributed by atoms with Gasteiger partial charge in [-0.05, 0) is 23.7 Å². The summed E-state index contributed by atoms with van der Waals surface area (Å²) in [5.74, 6) is -4.69. The number of nitro groups is 4. The Hall–Kier alpha value is -5.04. The molecular formula is C33H57FN4O20. The van der Waals surface area contributed by atoms with Crippen LogP contribution in [0.4, 0.5) is 4.70 Å². The molecule has 4 aliphatic rings. The summed E-state index contributed by atoms with van der Waals surface area (Å²) in [5, 5.41) is 101. The number of carbonyl (C=O) groups excluding carboxylic acids is 1. The summed E-state index contributed by atoms with van der Waals surface area (Å²) in [6, 6.07) is -4.09. The minimum atomic E-state index is -1.88. The van der Waals surface area contributed by atoms with Crippen LogP contribution in [-0.4, -0.2) is 129 Å². The molecule has 4 rings (SSSR count). The van der Waals surface area contributed by atoms with E-state index in [1.807, 2.05) is 0 Å². The third kappa shape index (κ3) is 23.3. The Balaban J connectivity index is -0.000000668. The zero-order chi connectivity index (χ0) is 43.1. The van der Waals surface area contributed by atoms with Crippen molar-refractivity contribution in [1.82, 2.24) is 0 Å². The molecule has 0 aliphatic heterocycles. The lowest BCUT2D eigenvalue weighted by Crippen LogP contribution is -2.41. The Morgan fingerprint density at radius 1 is 0.534 bits per heavy atom. The Morgan fingerprint density at radius 3 is 0.879 bits per heavy atom. The summed E-state index contributed by atoms with van der Waals surface area (Å²) < 4.78 is 0. The summed E-state index contributed by atoms with van der Waals surface area (Å²) in [7, 11) is 0. The molecule has 0 saturated heterocycles. The van der Waals surface area contributed by atoms with Gasteiger partial charge in [-0.15, -0.1) is 0 Å². The van der Waals surface area contributed by atoms with E-state index in [4.69, 9.17) is 45.3 Å². The molecule has 0 heterocycles. The fourth-order valence-electron chi connectivity index (χ4n) is 5.76. The number of halogens is 1. The second kappa shape index (κ2) is 30.1. The quantitative estimate of drug-likeness (QED) is 0.0424. The fourth-order valence-corrected chi connectivity index (χ4v) is 5.76. The summed E-state index contributed by atoms with van der Waals surface area (Å²) in [4.78, 5) is 88.1. The van der Waals surface area contributed by atoms with Gasteiger partial charge in [0, 0.05) is 45.4 Å². The largest absolute Gasteiger partial charge is 0.479 e. The molecule has 4 saturated carbocycles. The molecule has 336 valence electrons. The second-order valence-corrected chi connectivity index (χ2v) is 14.1. The SMILES string of the molecule is C.F.O=C(O)[C@H](O)[C@@H](CC1CCC1)[N+](=O)[O-].O=C(O)[C@H](O)[C@@H](CC1CCC1)[N+](=O)[O-].O=C(O)[C@H](O)[C@H](CC1CCC1)[N+](=O)[O-].O=CC(=O)O.O=[N+]([O-])CCC1CCC1. The molecule has 7 N–H and O–H groups in total. The first-order valence-corrected chi connectivity index (χ1v) is 18.1. The van der Waals surface area contributed by atoms with Gasteiger partial charge in [0.25, 0.3) is 0 Å². The molecule has 0 spiro atoms. The van der Waals surface area contributed by atoms with Gasteiger partial charge in [0.05, 0.1) is 0 Å². The highest BCUT2D eigenvalue weighted by Gasteiger charge is 2.40. The van der Waals surface area contributed by atoms with Crippen LogP contribution in [0.15, 0.2) is 0 Å². The zero-order valence-corrected chi connectivity index (χ0v) is 31.0. The Bertz CT molecular complexity index is 1210. The van der Waals surface area contributed by atoms with E-state index in [1.54, 1.807) is 0 Å². The van der Waals surface area contributed by atoms with Crippen molar-refractivity contribution in [2.24, 2.45) is 23.7 Å². The molecule has 0 aromatic rings. The molecule has 0 aromatic carbocycles. The average Bonchev–Trinajstić information content (AvgIpc) is 3.02. The zero-order valence-electron chi connectivity index (χ0n) is 31.0. The van der Waals surface area contributed by atoms with E-state index >= 15 is 0 Å². The molecule has 25 heteroatoms. The molecule has 0 radical (unpaired) electrons. The van der Waals surface area contributed by atoms with Crippen LogP contribution in [0.2, 0.25) is 0 Å². The van der Waals surface area contributed by atoms with Crippen LogP contribution >= 0.6 is 0 Å². The van der Waals surface area contributed by atoms with Crippen LogP contribution in [-0.2, 0) is 24.0 Å². The number of aliphatic carboxylic acids is 4. The van der Waals surface area contributed by atoms with Crippen molar-refractivity contribution in [1.29, 1.82) is 0 Å². The minimum Gasteiger partial charge on any atom is -0.479 e. The maximum absolute atomic E-state index is 10.5. The number of rotatable bonds is 19. The highest BCUT2D eigenvalue weighted by molar-refractivity contribution is 6.19. The number of aliphatic hydroxyl groups is 3. The van der Waals surface area contributed by atoms with Crippen LogP contribution in [0.25, 0.3) is 0 Å². The van der Waals surface area contributed by atoms with Crippen molar-refractivity contribution in [2.75, 3.05) is 6.54 Å². The van der Waals surface area contributed by atoms with Crippen LogP contribution in [0.5, 0.6) is 0 Å². The van der Waals surface area contributed by atoms with Gasteiger partial charge in [0.2, 0.25) is 49.3 Å². The monoisotopic (exact) mass is 848 g/mol. The van der Waals surface area contributed by atoms with E-state index in [-0.39, 0.29) is 66.9 Å². The highest BCUT2D eigenvalue weighted by atomic mass is 19.0. The first kappa shape index (κ1) is 57.3. The van der Waals surface area contributed by atoms with Crippen molar-refractivity contribution >= 4 is 30.2 Å². The fraction of sp³-hybridized carbons (Fsp3) is 0.848. The standard InChI is InChI=1S/3C8H13NO5.C6H11NO2.C2H2O3.CH4.FH/c3*10-7(8(11)12)6(9(13)14)4-5-2-1-3-5;8-7(9)5-4-6-2-1-3-6;3-1-2(4)5;;/h3*5-7,10H,1-4H2,(H,11,12);6H,1-5H2;1H,(H,4,5);1H4;1H/t6-,7+;2*6-,7-;;;;/m011..../s1. The number of carbonyl (C=O) groups is 5. The van der Waals surface area contributed by atoms with Crippen LogP contribution < -0.4 is 0 Å². The third-order valence-corrected chi connectivity index (χ3v) is 10.1. The summed E-state index contributed by atoms with van der Waals surface area (Å²) in [6.45, 7) is 0.171. The molecule has 0 bridgehead atoms. The van der Waals surface area contributed by atoms with Crippen molar-refractivity contribution in [3.63, 3.8) is 0 Å². The highest BCUT2D eigenvalue weighted by Crippen LogP contribution is 2.33. The molecule has 4 aliphatic carbocycles. The predicted molar refractivity (Wildman–Crippen MR) is 196 cm³/mol. The molecule has 6 atom stereocenters. The molecule has 0 unspecified atom stereocenters. The first-order valence-electron chi connectivity index (χ1n) is 18.1. The van der Waals surface area contributed by atoms with Gasteiger partial charge in [0.1, 0.15) is 0 Å². The molecular weight excluding hydrogens is 791 g/mol. The number of aliphatic hydroxyl groups excluding tert-OH is 3. The summed E-state index contributed by atoms with van der Waals surface area (Å²) in [5.41, 5.74) is 0. The van der Waals surface area contributed by atoms with Crippen molar-refractivity contribution < 1.29 is 84.1 Å². The minimum absolute atomic E-state index is 0. The first-order chi connectivity index (χ1) is 26.1. The van der Waals surface area contributed by atoms with Crippen LogP contribution in [0.1, 0.15) is 110 Å². The average molecular weight is 849 g/mol.